The number of hydrogen-bond acceptors (Lipinski definition) is 3. The van der Waals surface area contributed by atoms with Gasteiger partial charge in [-0.2, -0.15) is 0 Å². The average Bonchev–Trinajstić information content (AvgIpc) is 2.70. The molecule has 3 aromatic rings. The summed E-state index contributed by atoms with van der Waals surface area (Å²) in [6.45, 7) is 2.04. The summed E-state index contributed by atoms with van der Waals surface area (Å²) in [7, 11) is -3.76. The van der Waals surface area contributed by atoms with Gasteiger partial charge < -0.3 is 5.32 Å². The van der Waals surface area contributed by atoms with Crippen LogP contribution >= 0.6 is 11.6 Å². The van der Waals surface area contributed by atoms with E-state index < -0.39 is 10.0 Å². The lowest BCUT2D eigenvalue weighted by Gasteiger charge is -2.10. The summed E-state index contributed by atoms with van der Waals surface area (Å²) in [5.74, 6) is -0.303. The van der Waals surface area contributed by atoms with Gasteiger partial charge in [-0.15, -0.1) is 0 Å². The molecule has 0 saturated carbocycles. The normalized spacial score (nSPS) is 11.1. The first-order valence-electron chi connectivity index (χ1n) is 8.66. The Morgan fingerprint density at radius 2 is 1.61 bits per heavy atom. The van der Waals surface area contributed by atoms with Crippen molar-refractivity contribution in [2.75, 3.05) is 10.0 Å². The maximum absolute atomic E-state index is 12.5. The second kappa shape index (κ2) is 8.46. The monoisotopic (exact) mass is 414 g/mol. The molecule has 0 unspecified atom stereocenters. The van der Waals surface area contributed by atoms with Crippen LogP contribution in [0.3, 0.4) is 0 Å². The lowest BCUT2D eigenvalue weighted by atomic mass is 10.1. The molecule has 0 radical (unpaired) electrons. The number of aryl methyl sites for hydroxylation is 1. The molecule has 1 amide bonds. The molecule has 0 aromatic heterocycles. The Kier molecular flexibility index (Phi) is 6.02. The molecule has 0 atom stereocenters. The Labute approximate surface area is 169 Å². The molecule has 2 N–H and O–H groups in total. The smallest absolute Gasteiger partial charge is 0.261 e. The lowest BCUT2D eigenvalue weighted by molar-refractivity contribution is 0.102. The van der Waals surface area contributed by atoms with E-state index >= 15 is 0 Å². The van der Waals surface area contributed by atoms with Crippen molar-refractivity contribution in [2.45, 2.75) is 18.2 Å². The quantitative estimate of drug-likeness (QED) is 0.598. The van der Waals surface area contributed by atoms with Crippen LogP contribution in [-0.4, -0.2) is 14.3 Å². The molecule has 0 saturated heterocycles. The van der Waals surface area contributed by atoms with Crippen molar-refractivity contribution in [3.63, 3.8) is 0 Å². The molecule has 0 fully saturated rings. The van der Waals surface area contributed by atoms with E-state index in [1.54, 1.807) is 24.3 Å². The molecule has 5 nitrogen and oxygen atoms in total. The van der Waals surface area contributed by atoms with Gasteiger partial charge in [0, 0.05) is 22.0 Å². The number of benzene rings is 3. The molecular weight excluding hydrogens is 396 g/mol. The minimum atomic E-state index is -3.76. The molecule has 3 aromatic carbocycles. The average molecular weight is 415 g/mol. The van der Waals surface area contributed by atoms with Crippen molar-refractivity contribution in [1.29, 1.82) is 0 Å². The summed E-state index contributed by atoms with van der Waals surface area (Å²) >= 11 is 5.81. The van der Waals surface area contributed by atoms with Crippen LogP contribution in [0, 0.1) is 0 Å². The molecule has 0 aliphatic carbocycles. The maximum atomic E-state index is 12.5. The summed E-state index contributed by atoms with van der Waals surface area (Å²) in [5, 5.41) is 3.34. The first kappa shape index (κ1) is 19.9. The summed E-state index contributed by atoms with van der Waals surface area (Å²) in [6.07, 6.45) is 0.872. The predicted octanol–water partition coefficient (Wildman–Crippen LogP) is 4.96. The number of rotatable bonds is 6. The van der Waals surface area contributed by atoms with Gasteiger partial charge in [-0.1, -0.05) is 30.7 Å². The highest BCUT2D eigenvalue weighted by molar-refractivity contribution is 7.92. The second-order valence-corrected chi connectivity index (χ2v) is 8.26. The predicted molar refractivity (Wildman–Crippen MR) is 112 cm³/mol. The molecular formula is C21H19ClN2O3S. The Balaban J connectivity index is 1.72. The van der Waals surface area contributed by atoms with E-state index in [4.69, 9.17) is 11.6 Å². The summed E-state index contributed by atoms with van der Waals surface area (Å²) in [6, 6.07) is 19.7. The van der Waals surface area contributed by atoms with Gasteiger partial charge in [-0.05, 0) is 72.6 Å². The van der Waals surface area contributed by atoms with Crippen molar-refractivity contribution in [2.24, 2.45) is 0 Å². The van der Waals surface area contributed by atoms with E-state index in [1.807, 2.05) is 31.2 Å². The standard InChI is InChI=1S/C21H19ClN2O3S/c1-2-15-4-3-5-19(14-15)23-21(25)16-6-12-20(13-7-16)28(26,27)24-18-10-8-17(22)9-11-18/h3-14,24H,2H2,1H3,(H,23,25). The number of carbonyl (C=O) groups is 1. The van der Waals surface area contributed by atoms with E-state index in [2.05, 4.69) is 10.0 Å². The molecule has 144 valence electrons. The molecule has 0 aliphatic rings. The minimum Gasteiger partial charge on any atom is -0.322 e. The lowest BCUT2D eigenvalue weighted by Crippen LogP contribution is -2.15. The van der Waals surface area contributed by atoms with E-state index in [0.29, 0.717) is 22.0 Å². The van der Waals surface area contributed by atoms with E-state index in [0.717, 1.165) is 12.0 Å². The van der Waals surface area contributed by atoms with E-state index in [1.165, 1.54) is 24.3 Å². The number of halogens is 1. The van der Waals surface area contributed by atoms with Gasteiger partial charge in [0.2, 0.25) is 0 Å². The molecule has 3 rings (SSSR count). The van der Waals surface area contributed by atoms with Crippen LogP contribution in [0.15, 0.2) is 77.7 Å². The fourth-order valence-electron chi connectivity index (χ4n) is 2.59. The Bertz CT molecular complexity index is 1080. The zero-order valence-corrected chi connectivity index (χ0v) is 16.7. The van der Waals surface area contributed by atoms with Crippen molar-refractivity contribution >= 4 is 38.9 Å². The van der Waals surface area contributed by atoms with Crippen molar-refractivity contribution < 1.29 is 13.2 Å². The number of nitrogens with one attached hydrogen (secondary N) is 2. The van der Waals surface area contributed by atoms with Gasteiger partial charge in [0.1, 0.15) is 0 Å². The van der Waals surface area contributed by atoms with Crippen LogP contribution in [0.4, 0.5) is 11.4 Å². The summed E-state index contributed by atoms with van der Waals surface area (Å²) < 4.78 is 27.4. The fourth-order valence-corrected chi connectivity index (χ4v) is 3.77. The van der Waals surface area contributed by atoms with Crippen LogP contribution in [0.1, 0.15) is 22.8 Å². The zero-order valence-electron chi connectivity index (χ0n) is 15.1. The Hall–Kier alpha value is -2.83. The van der Waals surface area contributed by atoms with Gasteiger partial charge >= 0.3 is 0 Å². The second-order valence-electron chi connectivity index (χ2n) is 6.14. The number of carbonyl (C=O) groups excluding carboxylic acids is 1. The highest BCUT2D eigenvalue weighted by Gasteiger charge is 2.15. The van der Waals surface area contributed by atoms with Crippen LogP contribution in [0.2, 0.25) is 5.02 Å². The van der Waals surface area contributed by atoms with Gasteiger partial charge in [0.15, 0.2) is 0 Å². The summed E-state index contributed by atoms with van der Waals surface area (Å²) in [5.41, 5.74) is 2.59. The zero-order chi connectivity index (χ0) is 20.1. The first-order chi connectivity index (χ1) is 13.4. The highest BCUT2D eigenvalue weighted by Crippen LogP contribution is 2.19. The molecule has 0 aliphatic heterocycles. The topological polar surface area (TPSA) is 75.3 Å². The van der Waals surface area contributed by atoms with E-state index in [9.17, 15) is 13.2 Å². The largest absolute Gasteiger partial charge is 0.322 e. The van der Waals surface area contributed by atoms with Crippen LogP contribution in [-0.2, 0) is 16.4 Å². The number of anilines is 2. The van der Waals surface area contributed by atoms with Gasteiger partial charge in [0.25, 0.3) is 15.9 Å². The van der Waals surface area contributed by atoms with Gasteiger partial charge in [0.05, 0.1) is 4.90 Å². The van der Waals surface area contributed by atoms with Gasteiger partial charge in [-0.25, -0.2) is 8.42 Å². The third-order valence-corrected chi connectivity index (χ3v) is 5.77. The third kappa shape index (κ3) is 4.91. The molecule has 0 heterocycles. The highest BCUT2D eigenvalue weighted by atomic mass is 35.5. The Morgan fingerprint density at radius 1 is 0.929 bits per heavy atom. The van der Waals surface area contributed by atoms with E-state index in [-0.39, 0.29) is 10.8 Å². The molecule has 0 spiro atoms. The fraction of sp³-hybridized carbons (Fsp3) is 0.0952. The van der Waals surface area contributed by atoms with Gasteiger partial charge in [-0.3, -0.25) is 9.52 Å². The summed E-state index contributed by atoms with van der Waals surface area (Å²) in [4.78, 5) is 12.5. The Morgan fingerprint density at radius 3 is 2.25 bits per heavy atom. The molecule has 7 heteroatoms. The van der Waals surface area contributed by atoms with Crippen molar-refractivity contribution in [3.8, 4) is 0 Å². The minimum absolute atomic E-state index is 0.0620. The number of sulfonamides is 1. The van der Waals surface area contributed by atoms with Crippen LogP contribution < -0.4 is 10.0 Å². The van der Waals surface area contributed by atoms with Crippen LogP contribution in [0.25, 0.3) is 0 Å². The SMILES string of the molecule is CCc1cccc(NC(=O)c2ccc(S(=O)(=O)Nc3ccc(Cl)cc3)cc2)c1. The number of amides is 1. The molecule has 0 bridgehead atoms. The number of hydrogen-bond donors (Lipinski definition) is 2. The maximum Gasteiger partial charge on any atom is 0.261 e. The third-order valence-electron chi connectivity index (χ3n) is 4.12. The van der Waals surface area contributed by atoms with Crippen molar-refractivity contribution in [3.05, 3.63) is 88.9 Å². The van der Waals surface area contributed by atoms with Crippen molar-refractivity contribution in [1.82, 2.24) is 0 Å². The first-order valence-corrected chi connectivity index (χ1v) is 10.5. The molecule has 28 heavy (non-hydrogen) atoms. The van der Waals surface area contributed by atoms with Crippen LogP contribution in [0.5, 0.6) is 0 Å².